The molecule has 1 aromatic heterocycles. The fourth-order valence-electron chi connectivity index (χ4n) is 2.80. The summed E-state index contributed by atoms with van der Waals surface area (Å²) in [4.78, 5) is 33.9. The standard InChI is InChI=1S/C19H21F3N4O6/c1-18(2,3)32-17(29)23-12(16(27)28)9-13-14(26(30)31)15(19(20,21)22)24-25(13)10-11-7-5-4-6-8-11/h4-8,12H,9-10H2,1-3H3,(H,23,29)(H,27,28)/t12-/m0/s1. The Morgan fingerprint density at radius 2 is 1.84 bits per heavy atom. The molecule has 1 atom stereocenters. The highest BCUT2D eigenvalue weighted by atomic mass is 19.4. The van der Waals surface area contributed by atoms with Crippen LogP contribution in [-0.2, 0) is 28.7 Å². The van der Waals surface area contributed by atoms with Crippen molar-refractivity contribution in [3.05, 3.63) is 57.4 Å². The molecular weight excluding hydrogens is 437 g/mol. The Hall–Kier alpha value is -3.64. The van der Waals surface area contributed by atoms with Crippen LogP contribution in [0.25, 0.3) is 0 Å². The van der Waals surface area contributed by atoms with Gasteiger partial charge in [-0.05, 0) is 26.3 Å². The predicted octanol–water partition coefficient (Wildman–Crippen LogP) is 3.38. The van der Waals surface area contributed by atoms with Crippen LogP contribution in [0.5, 0.6) is 0 Å². The van der Waals surface area contributed by atoms with E-state index in [2.05, 4.69) is 5.10 Å². The monoisotopic (exact) mass is 458 g/mol. The van der Waals surface area contributed by atoms with E-state index in [1.807, 2.05) is 5.32 Å². The van der Waals surface area contributed by atoms with Gasteiger partial charge in [-0.3, -0.25) is 14.8 Å². The molecular formula is C19H21F3N4O6. The molecule has 0 spiro atoms. The second-order valence-electron chi connectivity index (χ2n) is 7.78. The van der Waals surface area contributed by atoms with Gasteiger partial charge in [-0.25, -0.2) is 9.59 Å². The summed E-state index contributed by atoms with van der Waals surface area (Å²) in [6.07, 6.45) is -7.13. The van der Waals surface area contributed by atoms with Gasteiger partial charge >= 0.3 is 23.9 Å². The molecule has 0 bridgehead atoms. The van der Waals surface area contributed by atoms with Crippen LogP contribution in [0, 0.1) is 10.1 Å². The van der Waals surface area contributed by atoms with Crippen LogP contribution < -0.4 is 5.32 Å². The molecule has 2 N–H and O–H groups in total. The Bertz CT molecular complexity index is 999. The molecule has 1 heterocycles. The van der Waals surface area contributed by atoms with Crippen molar-refractivity contribution in [2.45, 2.75) is 51.6 Å². The summed E-state index contributed by atoms with van der Waals surface area (Å²) in [5.41, 5.74) is -4.22. The molecule has 0 radical (unpaired) electrons. The first-order valence-electron chi connectivity index (χ1n) is 9.26. The Kier molecular flexibility index (Phi) is 7.11. The van der Waals surface area contributed by atoms with Crippen molar-refractivity contribution >= 4 is 17.7 Å². The molecule has 0 aliphatic heterocycles. The average Bonchev–Trinajstić information content (AvgIpc) is 2.99. The summed E-state index contributed by atoms with van der Waals surface area (Å²) in [5, 5.41) is 26.4. The van der Waals surface area contributed by atoms with Gasteiger partial charge in [0.2, 0.25) is 5.69 Å². The Morgan fingerprint density at radius 1 is 1.25 bits per heavy atom. The molecule has 13 heteroatoms. The highest BCUT2D eigenvalue weighted by Gasteiger charge is 2.46. The lowest BCUT2D eigenvalue weighted by Gasteiger charge is -2.22. The maximum absolute atomic E-state index is 13.4. The molecule has 10 nitrogen and oxygen atoms in total. The maximum Gasteiger partial charge on any atom is 0.442 e. The number of carboxylic acids is 1. The van der Waals surface area contributed by atoms with E-state index in [-0.39, 0.29) is 6.54 Å². The number of alkyl halides is 3. The van der Waals surface area contributed by atoms with Gasteiger partial charge in [-0.1, -0.05) is 30.3 Å². The van der Waals surface area contributed by atoms with Crippen LogP contribution in [-0.4, -0.2) is 43.5 Å². The quantitative estimate of drug-likeness (QED) is 0.479. The number of halogens is 3. The molecule has 0 unspecified atom stereocenters. The van der Waals surface area contributed by atoms with Gasteiger partial charge in [0.1, 0.15) is 17.3 Å². The van der Waals surface area contributed by atoms with E-state index < -0.39 is 58.3 Å². The molecule has 0 aliphatic carbocycles. The summed E-state index contributed by atoms with van der Waals surface area (Å²) in [7, 11) is 0. The minimum Gasteiger partial charge on any atom is -0.480 e. The van der Waals surface area contributed by atoms with Crippen molar-refractivity contribution in [2.75, 3.05) is 0 Å². The fraction of sp³-hybridized carbons (Fsp3) is 0.421. The van der Waals surface area contributed by atoms with Crippen LogP contribution in [0.15, 0.2) is 30.3 Å². The smallest absolute Gasteiger partial charge is 0.442 e. The van der Waals surface area contributed by atoms with Crippen LogP contribution >= 0.6 is 0 Å². The van der Waals surface area contributed by atoms with Gasteiger partial charge in [0.25, 0.3) is 0 Å². The zero-order valence-electron chi connectivity index (χ0n) is 17.3. The molecule has 0 fully saturated rings. The molecule has 2 aromatic rings. The SMILES string of the molecule is CC(C)(C)OC(=O)N[C@@H](Cc1c([N+](=O)[O-])c(C(F)(F)F)nn1Cc1ccccc1)C(=O)O. The lowest BCUT2D eigenvalue weighted by atomic mass is 10.1. The Morgan fingerprint density at radius 3 is 2.31 bits per heavy atom. The van der Waals surface area contributed by atoms with Gasteiger partial charge in [0.05, 0.1) is 11.5 Å². The number of ether oxygens (including phenoxy) is 1. The van der Waals surface area contributed by atoms with Gasteiger partial charge in [0, 0.05) is 6.42 Å². The van der Waals surface area contributed by atoms with Crippen molar-refractivity contribution in [2.24, 2.45) is 0 Å². The minimum atomic E-state index is -5.16. The van der Waals surface area contributed by atoms with Crippen LogP contribution in [0.3, 0.4) is 0 Å². The number of rotatable bonds is 7. The minimum absolute atomic E-state index is 0.286. The van der Waals surface area contributed by atoms with Crippen molar-refractivity contribution in [1.82, 2.24) is 15.1 Å². The number of aliphatic carboxylic acids is 1. The number of nitrogens with one attached hydrogen (secondary N) is 1. The van der Waals surface area contributed by atoms with Crippen molar-refractivity contribution < 1.29 is 37.5 Å². The van der Waals surface area contributed by atoms with E-state index in [4.69, 9.17) is 4.74 Å². The first-order chi connectivity index (χ1) is 14.7. The number of aromatic nitrogens is 2. The van der Waals surface area contributed by atoms with E-state index in [1.165, 1.54) is 20.8 Å². The third-order valence-electron chi connectivity index (χ3n) is 4.04. The summed E-state index contributed by atoms with van der Waals surface area (Å²) in [5.74, 6) is -1.62. The highest BCUT2D eigenvalue weighted by molar-refractivity contribution is 5.80. The first kappa shape index (κ1) is 24.6. The van der Waals surface area contributed by atoms with E-state index in [0.717, 1.165) is 4.68 Å². The van der Waals surface area contributed by atoms with E-state index in [0.29, 0.717) is 5.56 Å². The lowest BCUT2D eigenvalue weighted by Crippen LogP contribution is -2.45. The number of hydrogen-bond donors (Lipinski definition) is 2. The number of amides is 1. The highest BCUT2D eigenvalue weighted by Crippen LogP contribution is 2.38. The summed E-state index contributed by atoms with van der Waals surface area (Å²) >= 11 is 0. The number of carboxylic acid groups (broad SMARTS) is 1. The zero-order chi connectivity index (χ0) is 24.3. The number of carbonyl (C=O) groups is 2. The van der Waals surface area contributed by atoms with Gasteiger partial charge in [-0.15, -0.1) is 0 Å². The molecule has 174 valence electrons. The molecule has 0 aliphatic rings. The maximum atomic E-state index is 13.4. The zero-order valence-corrected chi connectivity index (χ0v) is 17.3. The Balaban J connectivity index is 2.52. The number of nitro groups is 1. The second kappa shape index (κ2) is 9.24. The molecule has 0 saturated carbocycles. The molecule has 0 saturated heterocycles. The summed E-state index contributed by atoms with van der Waals surface area (Å²) in [6.45, 7) is 4.29. The van der Waals surface area contributed by atoms with E-state index in [9.17, 15) is 38.0 Å². The van der Waals surface area contributed by atoms with E-state index >= 15 is 0 Å². The topological polar surface area (TPSA) is 137 Å². The molecule has 32 heavy (non-hydrogen) atoms. The largest absolute Gasteiger partial charge is 0.480 e. The number of carbonyl (C=O) groups excluding carboxylic acids is 1. The van der Waals surface area contributed by atoms with Gasteiger partial charge < -0.3 is 15.2 Å². The van der Waals surface area contributed by atoms with Crippen molar-refractivity contribution in [3.8, 4) is 0 Å². The normalized spacial score (nSPS) is 12.8. The number of benzene rings is 1. The molecule has 2 rings (SSSR count). The fourth-order valence-corrected chi connectivity index (χ4v) is 2.80. The van der Waals surface area contributed by atoms with Crippen LogP contribution in [0.4, 0.5) is 23.7 Å². The first-order valence-corrected chi connectivity index (χ1v) is 9.26. The third kappa shape index (κ3) is 6.43. The summed E-state index contributed by atoms with van der Waals surface area (Å²) in [6, 6.07) is 6.22. The van der Waals surface area contributed by atoms with Crippen molar-refractivity contribution in [1.29, 1.82) is 0 Å². The third-order valence-corrected chi connectivity index (χ3v) is 4.04. The second-order valence-corrected chi connectivity index (χ2v) is 7.78. The van der Waals surface area contributed by atoms with Crippen LogP contribution in [0.1, 0.15) is 37.7 Å². The summed E-state index contributed by atoms with van der Waals surface area (Å²) < 4.78 is 46.0. The van der Waals surface area contributed by atoms with E-state index in [1.54, 1.807) is 30.3 Å². The number of alkyl carbamates (subject to hydrolysis) is 1. The number of hydrogen-bond acceptors (Lipinski definition) is 6. The molecule has 1 amide bonds. The van der Waals surface area contributed by atoms with Crippen molar-refractivity contribution in [3.63, 3.8) is 0 Å². The van der Waals surface area contributed by atoms with Gasteiger partial charge in [0.15, 0.2) is 0 Å². The van der Waals surface area contributed by atoms with Crippen LogP contribution in [0.2, 0.25) is 0 Å². The lowest BCUT2D eigenvalue weighted by molar-refractivity contribution is -0.388. The average molecular weight is 458 g/mol. The van der Waals surface area contributed by atoms with Gasteiger partial charge in [-0.2, -0.15) is 18.3 Å². The Labute approximate surface area is 180 Å². The number of nitrogens with zero attached hydrogens (tertiary/aromatic N) is 3. The predicted molar refractivity (Wildman–Crippen MR) is 104 cm³/mol. The molecule has 1 aromatic carbocycles.